The first-order valence-electron chi connectivity index (χ1n) is 8.50. The van der Waals surface area contributed by atoms with Gasteiger partial charge in [0.1, 0.15) is 25.3 Å². The Bertz CT molecular complexity index is 557. The number of nitrogens with one attached hydrogen (secondary N) is 1. The van der Waals surface area contributed by atoms with E-state index in [2.05, 4.69) is 13.8 Å². The van der Waals surface area contributed by atoms with Crippen molar-refractivity contribution in [3.63, 3.8) is 0 Å². The van der Waals surface area contributed by atoms with Crippen molar-refractivity contribution in [1.29, 1.82) is 0 Å². The molecular formula is C18H25N2O3+. The molecule has 0 radical (unpaired) electrons. The lowest BCUT2D eigenvalue weighted by Gasteiger charge is -2.32. The lowest BCUT2D eigenvalue weighted by atomic mass is 10.1. The molecule has 3 rings (SSSR count). The summed E-state index contributed by atoms with van der Waals surface area (Å²) in [6.07, 6.45) is 2.50. The molecule has 2 heterocycles. The fourth-order valence-corrected chi connectivity index (χ4v) is 3.68. The summed E-state index contributed by atoms with van der Waals surface area (Å²) in [6, 6.07) is 7.07. The Kier molecular flexibility index (Phi) is 4.78. The molecule has 5 nitrogen and oxygen atoms in total. The predicted octanol–water partition coefficient (Wildman–Crippen LogP) is 0.755. The number of morpholine rings is 1. The van der Waals surface area contributed by atoms with Gasteiger partial charge in [-0.1, -0.05) is 12.1 Å². The van der Waals surface area contributed by atoms with E-state index in [0.717, 1.165) is 32.5 Å². The minimum absolute atomic E-state index is 0.147. The number of hydrogen-bond acceptors (Lipinski definition) is 3. The fraction of sp³-hybridized carbons (Fsp3) is 0.556. The first-order chi connectivity index (χ1) is 11.1. The average molecular weight is 317 g/mol. The summed E-state index contributed by atoms with van der Waals surface area (Å²) in [5, 5.41) is 0. The van der Waals surface area contributed by atoms with Gasteiger partial charge >= 0.3 is 0 Å². The smallest absolute Gasteiger partial charge is 0.261 e. The van der Waals surface area contributed by atoms with E-state index in [0.29, 0.717) is 29.9 Å². The average Bonchev–Trinajstić information content (AvgIpc) is 2.75. The van der Waals surface area contributed by atoms with Gasteiger partial charge in [-0.05, 0) is 38.8 Å². The molecule has 0 spiro atoms. The molecule has 1 unspecified atom stereocenters. The third-order valence-electron chi connectivity index (χ3n) is 4.66. The van der Waals surface area contributed by atoms with Gasteiger partial charge in [0.15, 0.2) is 0 Å². The number of imide groups is 1. The number of hydrogen-bond donors (Lipinski definition) is 1. The number of nitrogens with zero attached hydrogens (tertiary/aromatic N) is 1. The van der Waals surface area contributed by atoms with Crippen molar-refractivity contribution in [2.75, 3.05) is 26.2 Å². The van der Waals surface area contributed by atoms with Gasteiger partial charge in [0.05, 0.1) is 17.7 Å². The van der Waals surface area contributed by atoms with E-state index in [1.54, 1.807) is 29.2 Å². The second-order valence-electron chi connectivity index (χ2n) is 6.68. The normalized spacial score (nSPS) is 27.4. The number of quaternary nitrogens is 1. The van der Waals surface area contributed by atoms with Gasteiger partial charge < -0.3 is 9.64 Å². The van der Waals surface area contributed by atoms with Crippen molar-refractivity contribution in [3.8, 4) is 0 Å². The molecule has 2 aliphatic rings. The summed E-state index contributed by atoms with van der Waals surface area (Å²) in [5.41, 5.74) is 1.08. The maximum Gasteiger partial charge on any atom is 0.261 e. The highest BCUT2D eigenvalue weighted by molar-refractivity contribution is 6.21. The molecular weight excluding hydrogens is 292 g/mol. The number of carbonyl (C=O) groups excluding carboxylic acids is 2. The minimum atomic E-state index is -0.147. The number of benzene rings is 1. The lowest BCUT2D eigenvalue weighted by Crippen LogP contribution is -3.15. The Morgan fingerprint density at radius 3 is 2.17 bits per heavy atom. The maximum atomic E-state index is 12.3. The van der Waals surface area contributed by atoms with Crippen molar-refractivity contribution in [1.82, 2.24) is 4.90 Å². The molecule has 124 valence electrons. The predicted molar refractivity (Wildman–Crippen MR) is 86.6 cm³/mol. The minimum Gasteiger partial charge on any atom is -0.364 e. The van der Waals surface area contributed by atoms with E-state index < -0.39 is 0 Å². The molecule has 23 heavy (non-hydrogen) atoms. The van der Waals surface area contributed by atoms with Crippen LogP contribution >= 0.6 is 0 Å². The second-order valence-corrected chi connectivity index (χ2v) is 6.68. The molecule has 0 saturated carbocycles. The van der Waals surface area contributed by atoms with Crippen molar-refractivity contribution in [2.24, 2.45) is 0 Å². The van der Waals surface area contributed by atoms with Gasteiger partial charge in [-0.2, -0.15) is 0 Å². The Labute approximate surface area is 137 Å². The van der Waals surface area contributed by atoms with Gasteiger partial charge in [-0.3, -0.25) is 14.5 Å². The zero-order valence-electron chi connectivity index (χ0n) is 13.9. The number of ether oxygens (including phenoxy) is 1. The standard InChI is InChI=1S/C18H24N2O3/c1-13-11-19(12-14(2)23-13)9-5-6-10-20-17(21)15-7-3-4-8-16(15)18(20)22/h3-4,7-8,13-14H,5-6,9-12H2,1-2H3/p+1/t13-,14+. The van der Waals surface area contributed by atoms with E-state index in [9.17, 15) is 9.59 Å². The first-order valence-corrected chi connectivity index (χ1v) is 8.50. The van der Waals surface area contributed by atoms with Crippen LogP contribution in [0.3, 0.4) is 0 Å². The summed E-state index contributed by atoms with van der Waals surface area (Å²) in [7, 11) is 0. The van der Waals surface area contributed by atoms with Crippen molar-refractivity contribution >= 4 is 11.8 Å². The number of fused-ring (bicyclic) bond motifs is 1. The number of rotatable bonds is 5. The van der Waals surface area contributed by atoms with Crippen molar-refractivity contribution < 1.29 is 19.2 Å². The lowest BCUT2D eigenvalue weighted by molar-refractivity contribution is -0.915. The molecule has 0 aliphatic carbocycles. The molecule has 2 aliphatic heterocycles. The molecule has 2 amide bonds. The summed E-state index contributed by atoms with van der Waals surface area (Å²) in [6.45, 7) is 7.90. The van der Waals surface area contributed by atoms with Crippen LogP contribution in [-0.2, 0) is 4.74 Å². The second kappa shape index (κ2) is 6.81. The molecule has 1 aromatic carbocycles. The molecule has 1 aromatic rings. The largest absolute Gasteiger partial charge is 0.364 e. The zero-order valence-corrected chi connectivity index (χ0v) is 13.9. The molecule has 1 N–H and O–H groups in total. The van der Waals surface area contributed by atoms with Gasteiger partial charge in [-0.15, -0.1) is 0 Å². The number of amides is 2. The molecule has 0 bridgehead atoms. The highest BCUT2D eigenvalue weighted by atomic mass is 16.5. The van der Waals surface area contributed by atoms with E-state index in [1.165, 1.54) is 4.90 Å². The van der Waals surface area contributed by atoms with Gasteiger partial charge in [0, 0.05) is 6.54 Å². The van der Waals surface area contributed by atoms with Gasteiger partial charge in [-0.25, -0.2) is 0 Å². The van der Waals surface area contributed by atoms with Crippen LogP contribution < -0.4 is 4.90 Å². The Morgan fingerprint density at radius 1 is 1.04 bits per heavy atom. The van der Waals surface area contributed by atoms with E-state index >= 15 is 0 Å². The van der Waals surface area contributed by atoms with Gasteiger partial charge in [0.25, 0.3) is 11.8 Å². The number of carbonyl (C=O) groups is 2. The third kappa shape index (κ3) is 3.46. The van der Waals surface area contributed by atoms with Crippen LogP contribution in [0.5, 0.6) is 0 Å². The van der Waals surface area contributed by atoms with Crippen LogP contribution in [0.4, 0.5) is 0 Å². The summed E-state index contributed by atoms with van der Waals surface area (Å²) in [4.78, 5) is 27.5. The molecule has 3 atom stereocenters. The molecule has 1 fully saturated rings. The maximum absolute atomic E-state index is 12.3. The molecule has 1 saturated heterocycles. The summed E-state index contributed by atoms with van der Waals surface area (Å²) < 4.78 is 5.75. The Hall–Kier alpha value is -1.72. The van der Waals surface area contributed by atoms with Crippen LogP contribution in [0.2, 0.25) is 0 Å². The quantitative estimate of drug-likeness (QED) is 0.644. The topological polar surface area (TPSA) is 51.0 Å². The molecule has 0 aromatic heterocycles. The molecule has 5 heteroatoms. The highest BCUT2D eigenvalue weighted by Crippen LogP contribution is 2.22. The van der Waals surface area contributed by atoms with Crippen LogP contribution in [-0.4, -0.2) is 55.1 Å². The van der Waals surface area contributed by atoms with Crippen LogP contribution in [0.25, 0.3) is 0 Å². The number of unbranched alkanes of at least 4 members (excludes halogenated alkanes) is 1. The van der Waals surface area contributed by atoms with Crippen LogP contribution in [0.1, 0.15) is 47.4 Å². The Balaban J connectivity index is 1.47. The van der Waals surface area contributed by atoms with Crippen molar-refractivity contribution in [2.45, 2.75) is 38.9 Å². The summed E-state index contributed by atoms with van der Waals surface area (Å²) >= 11 is 0. The summed E-state index contributed by atoms with van der Waals surface area (Å²) in [5.74, 6) is -0.293. The first kappa shape index (κ1) is 16.1. The monoisotopic (exact) mass is 317 g/mol. The Morgan fingerprint density at radius 2 is 1.61 bits per heavy atom. The van der Waals surface area contributed by atoms with E-state index in [4.69, 9.17) is 4.74 Å². The zero-order chi connectivity index (χ0) is 16.4. The third-order valence-corrected chi connectivity index (χ3v) is 4.66. The van der Waals surface area contributed by atoms with Crippen molar-refractivity contribution in [3.05, 3.63) is 35.4 Å². The van der Waals surface area contributed by atoms with E-state index in [1.807, 2.05) is 0 Å². The van der Waals surface area contributed by atoms with Gasteiger partial charge in [0.2, 0.25) is 0 Å². The van der Waals surface area contributed by atoms with Crippen LogP contribution in [0.15, 0.2) is 24.3 Å². The fourth-order valence-electron chi connectivity index (χ4n) is 3.68. The SMILES string of the molecule is C[C@@H]1C[NH+](CCCCN2C(=O)c3ccccc3C2=O)C[C@H](C)O1. The highest BCUT2D eigenvalue weighted by Gasteiger charge is 2.34. The van der Waals surface area contributed by atoms with E-state index in [-0.39, 0.29) is 11.8 Å². The van der Waals surface area contributed by atoms with Crippen LogP contribution in [0, 0.1) is 0 Å².